The normalized spacial score (nSPS) is 14.2. The van der Waals surface area contributed by atoms with Crippen molar-refractivity contribution in [3.63, 3.8) is 0 Å². The predicted molar refractivity (Wildman–Crippen MR) is 60.9 cm³/mol. The lowest BCUT2D eigenvalue weighted by molar-refractivity contribution is -0.156. The zero-order chi connectivity index (χ0) is 12.2. The van der Waals surface area contributed by atoms with Gasteiger partial charge in [-0.25, -0.2) is 9.18 Å². The van der Waals surface area contributed by atoms with Crippen LogP contribution in [0.15, 0.2) is 24.3 Å². The summed E-state index contributed by atoms with van der Waals surface area (Å²) in [6.07, 6.45) is 0.812. The summed E-state index contributed by atoms with van der Waals surface area (Å²) >= 11 is 0. The van der Waals surface area contributed by atoms with Crippen molar-refractivity contribution in [2.24, 2.45) is 0 Å². The van der Waals surface area contributed by atoms with E-state index in [1.165, 1.54) is 6.92 Å². The van der Waals surface area contributed by atoms with Crippen LogP contribution >= 0.6 is 0 Å². The van der Waals surface area contributed by atoms with Crippen LogP contribution in [0.5, 0.6) is 0 Å². The fourth-order valence-electron chi connectivity index (χ4n) is 1.47. The van der Waals surface area contributed by atoms with Crippen molar-refractivity contribution in [3.8, 4) is 0 Å². The smallest absolute Gasteiger partial charge is 0.348 e. The lowest BCUT2D eigenvalue weighted by Gasteiger charge is -2.19. The van der Waals surface area contributed by atoms with E-state index >= 15 is 0 Å². The van der Waals surface area contributed by atoms with Gasteiger partial charge in [0.15, 0.2) is 0 Å². The fraction of sp³-hybridized carbons (Fsp3) is 0.462. The van der Waals surface area contributed by atoms with Crippen LogP contribution in [-0.2, 0) is 21.6 Å². The highest BCUT2D eigenvalue weighted by molar-refractivity contribution is 5.80. The van der Waals surface area contributed by atoms with Gasteiger partial charge >= 0.3 is 5.97 Å². The number of alkyl halides is 1. The molecule has 3 heteroatoms. The third-order valence-corrected chi connectivity index (χ3v) is 2.54. The number of hydrogen-bond acceptors (Lipinski definition) is 2. The SMILES string of the molecule is CCOC(=O)C(C)(F)c1cccc(CC)c1. The van der Waals surface area contributed by atoms with Gasteiger partial charge in [0.05, 0.1) is 6.61 Å². The van der Waals surface area contributed by atoms with E-state index in [9.17, 15) is 9.18 Å². The first-order valence-corrected chi connectivity index (χ1v) is 5.48. The van der Waals surface area contributed by atoms with Crippen LogP contribution in [0.3, 0.4) is 0 Å². The van der Waals surface area contributed by atoms with Crippen LogP contribution in [0.1, 0.15) is 31.9 Å². The van der Waals surface area contributed by atoms with E-state index in [0.717, 1.165) is 12.0 Å². The van der Waals surface area contributed by atoms with Crippen molar-refractivity contribution in [3.05, 3.63) is 35.4 Å². The molecule has 0 saturated carbocycles. The highest BCUT2D eigenvalue weighted by atomic mass is 19.1. The maximum absolute atomic E-state index is 14.2. The quantitative estimate of drug-likeness (QED) is 0.735. The number of carbonyl (C=O) groups is 1. The summed E-state index contributed by atoms with van der Waals surface area (Å²) in [5, 5.41) is 0. The number of aryl methyl sites for hydroxylation is 1. The molecule has 2 nitrogen and oxygen atoms in total. The molecule has 1 unspecified atom stereocenters. The van der Waals surface area contributed by atoms with Gasteiger partial charge in [0.2, 0.25) is 5.67 Å². The Morgan fingerprint density at radius 2 is 2.12 bits per heavy atom. The summed E-state index contributed by atoms with van der Waals surface area (Å²) in [4.78, 5) is 11.5. The molecule has 0 aliphatic rings. The van der Waals surface area contributed by atoms with Crippen molar-refractivity contribution in [2.75, 3.05) is 6.61 Å². The monoisotopic (exact) mass is 224 g/mol. The summed E-state index contributed by atoms with van der Waals surface area (Å²) < 4.78 is 19.0. The Morgan fingerprint density at radius 1 is 1.44 bits per heavy atom. The lowest BCUT2D eigenvalue weighted by Crippen LogP contribution is -2.29. The van der Waals surface area contributed by atoms with Gasteiger partial charge in [0, 0.05) is 5.56 Å². The molecular weight excluding hydrogens is 207 g/mol. The van der Waals surface area contributed by atoms with Crippen molar-refractivity contribution in [1.29, 1.82) is 0 Å². The molecule has 0 radical (unpaired) electrons. The third kappa shape index (κ3) is 2.60. The van der Waals surface area contributed by atoms with E-state index in [0.29, 0.717) is 5.56 Å². The Hall–Kier alpha value is -1.38. The lowest BCUT2D eigenvalue weighted by atomic mass is 9.95. The number of ether oxygens (including phenoxy) is 1. The summed E-state index contributed by atoms with van der Waals surface area (Å²) in [5.74, 6) is -0.830. The molecule has 0 saturated heterocycles. The zero-order valence-electron chi connectivity index (χ0n) is 9.92. The van der Waals surface area contributed by atoms with Gasteiger partial charge in [-0.3, -0.25) is 0 Å². The topological polar surface area (TPSA) is 26.3 Å². The Labute approximate surface area is 95.4 Å². The Kier molecular flexibility index (Phi) is 4.05. The van der Waals surface area contributed by atoms with Gasteiger partial charge in [-0.2, -0.15) is 0 Å². The molecular formula is C13H17FO2. The Morgan fingerprint density at radius 3 is 2.69 bits per heavy atom. The van der Waals surface area contributed by atoms with Crippen molar-refractivity contribution < 1.29 is 13.9 Å². The number of halogens is 1. The molecule has 0 aliphatic carbocycles. The molecule has 0 heterocycles. The zero-order valence-corrected chi connectivity index (χ0v) is 9.92. The molecule has 88 valence electrons. The molecule has 0 spiro atoms. The van der Waals surface area contributed by atoms with Gasteiger partial charge < -0.3 is 4.74 Å². The summed E-state index contributed by atoms with van der Waals surface area (Å²) in [5.41, 5.74) is -0.711. The Balaban J connectivity index is 3.01. The minimum atomic E-state index is -2.07. The van der Waals surface area contributed by atoms with Crippen molar-refractivity contribution in [1.82, 2.24) is 0 Å². The summed E-state index contributed by atoms with van der Waals surface area (Å²) in [7, 11) is 0. The first-order valence-electron chi connectivity index (χ1n) is 5.48. The van der Waals surface area contributed by atoms with Crippen LogP contribution in [-0.4, -0.2) is 12.6 Å². The van der Waals surface area contributed by atoms with Crippen LogP contribution in [0.2, 0.25) is 0 Å². The molecule has 1 rings (SSSR count). The van der Waals surface area contributed by atoms with Crippen molar-refractivity contribution in [2.45, 2.75) is 32.9 Å². The van der Waals surface area contributed by atoms with Crippen LogP contribution in [0.4, 0.5) is 4.39 Å². The first-order chi connectivity index (χ1) is 7.52. The van der Waals surface area contributed by atoms with E-state index in [4.69, 9.17) is 4.74 Å². The molecule has 0 bridgehead atoms. The minimum Gasteiger partial charge on any atom is -0.463 e. The number of esters is 1. The average Bonchev–Trinajstić information content (AvgIpc) is 2.29. The number of carbonyl (C=O) groups excluding carboxylic acids is 1. The summed E-state index contributed by atoms with van der Waals surface area (Å²) in [6, 6.07) is 6.98. The molecule has 0 fully saturated rings. The maximum Gasteiger partial charge on any atom is 0.348 e. The molecule has 1 atom stereocenters. The average molecular weight is 224 g/mol. The molecule has 1 aromatic rings. The predicted octanol–water partition coefficient (Wildman–Crippen LogP) is 3.00. The van der Waals surface area contributed by atoms with E-state index < -0.39 is 11.6 Å². The van der Waals surface area contributed by atoms with Crippen LogP contribution in [0, 0.1) is 0 Å². The second kappa shape index (κ2) is 5.10. The molecule has 0 aliphatic heterocycles. The molecule has 0 aromatic heterocycles. The molecule has 0 N–H and O–H groups in total. The van der Waals surface area contributed by atoms with Gasteiger partial charge in [-0.15, -0.1) is 0 Å². The number of rotatable bonds is 4. The van der Waals surface area contributed by atoms with Gasteiger partial charge in [-0.05, 0) is 25.8 Å². The molecule has 16 heavy (non-hydrogen) atoms. The maximum atomic E-state index is 14.2. The van der Waals surface area contributed by atoms with Gasteiger partial charge in [-0.1, -0.05) is 31.2 Å². The van der Waals surface area contributed by atoms with Gasteiger partial charge in [0.25, 0.3) is 0 Å². The standard InChI is InChI=1S/C13H17FO2/c1-4-10-7-6-8-11(9-10)13(3,14)12(15)16-5-2/h6-9H,4-5H2,1-3H3. The van der Waals surface area contributed by atoms with E-state index in [-0.39, 0.29) is 6.61 Å². The van der Waals surface area contributed by atoms with Crippen LogP contribution in [0.25, 0.3) is 0 Å². The first kappa shape index (κ1) is 12.7. The Bertz CT molecular complexity index is 372. The fourth-order valence-corrected chi connectivity index (χ4v) is 1.47. The second-order valence-electron chi connectivity index (χ2n) is 3.78. The van der Waals surface area contributed by atoms with Crippen LogP contribution < -0.4 is 0 Å². The second-order valence-corrected chi connectivity index (χ2v) is 3.78. The highest BCUT2D eigenvalue weighted by Crippen LogP contribution is 2.27. The van der Waals surface area contributed by atoms with E-state index in [2.05, 4.69) is 0 Å². The molecule has 0 amide bonds. The van der Waals surface area contributed by atoms with Gasteiger partial charge in [0.1, 0.15) is 0 Å². The van der Waals surface area contributed by atoms with Crippen molar-refractivity contribution >= 4 is 5.97 Å². The highest BCUT2D eigenvalue weighted by Gasteiger charge is 2.36. The largest absolute Gasteiger partial charge is 0.463 e. The van der Waals surface area contributed by atoms with E-state index in [1.807, 2.05) is 13.0 Å². The van der Waals surface area contributed by atoms with E-state index in [1.54, 1.807) is 25.1 Å². The number of hydrogen-bond donors (Lipinski definition) is 0. The number of benzene rings is 1. The minimum absolute atomic E-state index is 0.186. The molecule has 1 aromatic carbocycles. The summed E-state index contributed by atoms with van der Waals surface area (Å²) in [6.45, 7) is 5.07. The third-order valence-electron chi connectivity index (χ3n) is 2.54.